The molecule has 5 nitrogen and oxygen atoms in total. The first-order valence-corrected chi connectivity index (χ1v) is 6.68. The van der Waals surface area contributed by atoms with Crippen molar-refractivity contribution in [2.45, 2.75) is 38.1 Å². The summed E-state index contributed by atoms with van der Waals surface area (Å²) in [6, 6.07) is 4.68. The number of alkyl halides is 3. The van der Waals surface area contributed by atoms with Gasteiger partial charge in [0, 0.05) is 17.7 Å². The van der Waals surface area contributed by atoms with Crippen LogP contribution in [0.3, 0.4) is 0 Å². The Morgan fingerprint density at radius 3 is 2.45 bits per heavy atom. The van der Waals surface area contributed by atoms with E-state index in [9.17, 15) is 23.1 Å². The number of carbonyl (C=O) groups is 1. The third-order valence-corrected chi connectivity index (χ3v) is 3.34. The number of carbonyl (C=O) groups excluding carboxylic acids is 1. The summed E-state index contributed by atoms with van der Waals surface area (Å²) in [6.45, 7) is 1.76. The lowest BCUT2D eigenvalue weighted by atomic mass is 10.0. The maximum Gasteiger partial charge on any atom is 0.438 e. The Morgan fingerprint density at radius 1 is 1.36 bits per heavy atom. The third-order valence-electron chi connectivity index (χ3n) is 3.34. The lowest BCUT2D eigenvalue weighted by molar-refractivity contribution is -0.297. The summed E-state index contributed by atoms with van der Waals surface area (Å²) in [7, 11) is 0. The number of rotatable bonds is 3. The van der Waals surface area contributed by atoms with Crippen molar-refractivity contribution in [3.8, 4) is 5.75 Å². The van der Waals surface area contributed by atoms with Crippen molar-refractivity contribution >= 4 is 11.6 Å². The highest BCUT2D eigenvalue weighted by atomic mass is 19.4. The van der Waals surface area contributed by atoms with Crippen LogP contribution in [-0.2, 0) is 0 Å². The molecule has 0 aliphatic carbocycles. The molecule has 1 atom stereocenters. The molecule has 1 heterocycles. The van der Waals surface area contributed by atoms with Gasteiger partial charge in [-0.15, -0.1) is 0 Å². The minimum atomic E-state index is -5.03. The quantitative estimate of drug-likeness (QED) is 0.900. The van der Waals surface area contributed by atoms with Gasteiger partial charge in [0.05, 0.1) is 0 Å². The molecule has 2 N–H and O–H groups in total. The number of amides is 1. The van der Waals surface area contributed by atoms with Crippen LogP contribution in [-0.4, -0.2) is 38.7 Å². The van der Waals surface area contributed by atoms with Crippen molar-refractivity contribution in [3.63, 3.8) is 0 Å². The lowest BCUT2D eigenvalue weighted by Crippen LogP contribution is -2.56. The molecule has 2 rings (SSSR count). The third kappa shape index (κ3) is 2.78. The molecule has 0 spiro atoms. The average molecular weight is 316 g/mol. The molecule has 0 aromatic heterocycles. The summed E-state index contributed by atoms with van der Waals surface area (Å²) in [5, 5.41) is 22.9. The number of phenolic OH excluding ortho intramolecular Hbond substituents is 1. The van der Waals surface area contributed by atoms with E-state index in [1.807, 2.05) is 0 Å². The van der Waals surface area contributed by atoms with Gasteiger partial charge in [-0.1, -0.05) is 13.3 Å². The Kier molecular flexibility index (Phi) is 4.15. The van der Waals surface area contributed by atoms with E-state index in [0.717, 1.165) is 0 Å². The summed E-state index contributed by atoms with van der Waals surface area (Å²) in [5.74, 6) is -1.20. The molecule has 0 saturated carbocycles. The first-order valence-electron chi connectivity index (χ1n) is 6.68. The summed E-state index contributed by atoms with van der Waals surface area (Å²) >= 11 is 0. The van der Waals surface area contributed by atoms with Gasteiger partial charge in [0.2, 0.25) is 0 Å². The zero-order valence-corrected chi connectivity index (χ0v) is 11.8. The van der Waals surface area contributed by atoms with Gasteiger partial charge in [-0.25, -0.2) is 0 Å². The smallest absolute Gasteiger partial charge is 0.438 e. The topological polar surface area (TPSA) is 73.1 Å². The Morgan fingerprint density at radius 2 is 1.95 bits per heavy atom. The number of hydrogen-bond donors (Lipinski definition) is 2. The van der Waals surface area contributed by atoms with Gasteiger partial charge in [0.1, 0.15) is 5.75 Å². The van der Waals surface area contributed by atoms with Gasteiger partial charge in [0.15, 0.2) is 0 Å². The van der Waals surface area contributed by atoms with Crippen LogP contribution in [0.5, 0.6) is 5.75 Å². The highest BCUT2D eigenvalue weighted by Crippen LogP contribution is 2.41. The second kappa shape index (κ2) is 5.60. The van der Waals surface area contributed by atoms with Crippen LogP contribution in [0, 0.1) is 0 Å². The first-order chi connectivity index (χ1) is 10.2. The summed E-state index contributed by atoms with van der Waals surface area (Å²) < 4.78 is 39.6. The van der Waals surface area contributed by atoms with Gasteiger partial charge in [-0.05, 0) is 30.7 Å². The molecule has 1 aromatic carbocycles. The van der Waals surface area contributed by atoms with Crippen LogP contribution in [0.4, 0.5) is 13.2 Å². The van der Waals surface area contributed by atoms with Crippen LogP contribution in [0.15, 0.2) is 29.4 Å². The number of benzene rings is 1. The lowest BCUT2D eigenvalue weighted by Gasteiger charge is -2.32. The molecule has 1 amide bonds. The molecule has 1 aliphatic rings. The predicted octanol–water partition coefficient (Wildman–Crippen LogP) is 2.65. The average Bonchev–Trinajstić information content (AvgIpc) is 2.77. The molecule has 0 fully saturated rings. The van der Waals surface area contributed by atoms with Crippen molar-refractivity contribution in [2.75, 3.05) is 0 Å². The molecule has 1 aliphatic heterocycles. The maximum atomic E-state index is 13.2. The Labute approximate surface area is 124 Å². The minimum absolute atomic E-state index is 0.0877. The monoisotopic (exact) mass is 316 g/mol. The molecule has 0 bridgehead atoms. The Balaban J connectivity index is 2.39. The van der Waals surface area contributed by atoms with E-state index in [-0.39, 0.29) is 28.5 Å². The molecule has 120 valence electrons. The number of aliphatic hydroxyl groups is 1. The summed E-state index contributed by atoms with van der Waals surface area (Å²) in [4.78, 5) is 12.2. The summed E-state index contributed by atoms with van der Waals surface area (Å²) in [6.07, 6.45) is -4.97. The highest BCUT2D eigenvalue weighted by Gasteiger charge is 2.63. The maximum absolute atomic E-state index is 13.2. The highest BCUT2D eigenvalue weighted by molar-refractivity contribution is 5.98. The molecular formula is C14H15F3N2O3. The van der Waals surface area contributed by atoms with Gasteiger partial charge >= 0.3 is 6.18 Å². The molecule has 1 aromatic rings. The van der Waals surface area contributed by atoms with E-state index in [1.54, 1.807) is 6.92 Å². The van der Waals surface area contributed by atoms with Crippen LogP contribution in [0.1, 0.15) is 36.5 Å². The van der Waals surface area contributed by atoms with Gasteiger partial charge < -0.3 is 10.2 Å². The van der Waals surface area contributed by atoms with Crippen molar-refractivity contribution < 1.29 is 28.2 Å². The number of hydrazone groups is 1. The fourth-order valence-electron chi connectivity index (χ4n) is 2.21. The van der Waals surface area contributed by atoms with E-state index >= 15 is 0 Å². The van der Waals surface area contributed by atoms with E-state index in [2.05, 4.69) is 5.10 Å². The largest absolute Gasteiger partial charge is 0.508 e. The number of aromatic hydroxyl groups is 1. The van der Waals surface area contributed by atoms with Gasteiger partial charge in [0.25, 0.3) is 11.6 Å². The minimum Gasteiger partial charge on any atom is -0.508 e. The van der Waals surface area contributed by atoms with Crippen molar-refractivity contribution in [2.24, 2.45) is 5.10 Å². The SMILES string of the molecule is CCCC1=NN(C(=O)c2ccc(O)cc2)[C@@](O)(C(F)(F)F)C1. The van der Waals surface area contributed by atoms with E-state index < -0.39 is 24.2 Å². The number of phenols is 1. The molecule has 0 radical (unpaired) electrons. The van der Waals surface area contributed by atoms with Crippen LogP contribution < -0.4 is 0 Å². The van der Waals surface area contributed by atoms with Gasteiger partial charge in [-0.2, -0.15) is 23.3 Å². The Hall–Kier alpha value is -2.09. The normalized spacial score (nSPS) is 21.9. The van der Waals surface area contributed by atoms with Crippen molar-refractivity contribution in [1.29, 1.82) is 0 Å². The fraction of sp³-hybridized carbons (Fsp3) is 0.429. The Bertz CT molecular complexity index is 598. The van der Waals surface area contributed by atoms with E-state index in [4.69, 9.17) is 5.11 Å². The molecule has 8 heteroatoms. The van der Waals surface area contributed by atoms with Crippen molar-refractivity contribution in [1.82, 2.24) is 5.01 Å². The molecule has 22 heavy (non-hydrogen) atoms. The zero-order valence-electron chi connectivity index (χ0n) is 11.8. The first kappa shape index (κ1) is 16.3. The second-order valence-corrected chi connectivity index (χ2v) is 5.07. The fourth-order valence-corrected chi connectivity index (χ4v) is 2.21. The van der Waals surface area contributed by atoms with Crippen LogP contribution in [0.2, 0.25) is 0 Å². The molecule has 0 saturated heterocycles. The standard InChI is InChI=1S/C14H15F3N2O3/c1-2-3-10-8-13(22,14(15,16)17)19(18-10)12(21)9-4-6-11(20)7-5-9/h4-7,20,22H,2-3,8H2,1H3/t13-/m0/s1. The molecule has 0 unspecified atom stereocenters. The predicted molar refractivity (Wildman–Crippen MR) is 72.2 cm³/mol. The second-order valence-electron chi connectivity index (χ2n) is 5.07. The van der Waals surface area contributed by atoms with Crippen LogP contribution >= 0.6 is 0 Å². The molecular weight excluding hydrogens is 301 g/mol. The number of hydrogen-bond acceptors (Lipinski definition) is 4. The van der Waals surface area contributed by atoms with E-state index in [0.29, 0.717) is 6.42 Å². The zero-order chi connectivity index (χ0) is 16.5. The summed E-state index contributed by atoms with van der Waals surface area (Å²) in [5.41, 5.74) is -3.33. The number of halogens is 3. The van der Waals surface area contributed by atoms with Crippen LogP contribution in [0.25, 0.3) is 0 Å². The van der Waals surface area contributed by atoms with Gasteiger partial charge in [-0.3, -0.25) is 4.79 Å². The number of nitrogens with zero attached hydrogens (tertiary/aromatic N) is 2. The van der Waals surface area contributed by atoms with E-state index in [1.165, 1.54) is 24.3 Å². The van der Waals surface area contributed by atoms with Crippen molar-refractivity contribution in [3.05, 3.63) is 29.8 Å².